The van der Waals surface area contributed by atoms with Crippen molar-refractivity contribution in [3.8, 4) is 0 Å². The molecule has 4 heteroatoms. The van der Waals surface area contributed by atoms with Crippen molar-refractivity contribution >= 4 is 17.3 Å². The quantitative estimate of drug-likeness (QED) is 0.701. The Bertz CT molecular complexity index is 890. The van der Waals surface area contributed by atoms with Gasteiger partial charge in [0.1, 0.15) is 6.10 Å². The molecule has 0 saturated heterocycles. The highest BCUT2D eigenvalue weighted by Gasteiger charge is 2.18. The first-order chi connectivity index (χ1) is 12.2. The molecule has 124 valence electrons. The van der Waals surface area contributed by atoms with E-state index in [9.17, 15) is 9.90 Å². The standard InChI is InChI=1S/C21H18N2O2/c22-21(25)17-13-7-8-14-18(17)23-19(15-9-3-1-4-10-15)20(24)16-11-5-2-6-12-16/h1-14,20,24H,(H2,22,25). The Morgan fingerprint density at radius 3 is 2.04 bits per heavy atom. The molecular formula is C21H18N2O2. The Hall–Kier alpha value is -3.24. The Labute approximate surface area is 146 Å². The van der Waals surface area contributed by atoms with Gasteiger partial charge in [-0.2, -0.15) is 0 Å². The molecule has 25 heavy (non-hydrogen) atoms. The predicted molar refractivity (Wildman–Crippen MR) is 99.0 cm³/mol. The SMILES string of the molecule is NC(=O)c1ccccc1N=C(c1ccccc1)C(O)c1ccccc1. The molecule has 0 saturated carbocycles. The van der Waals surface area contributed by atoms with E-state index in [1.807, 2.05) is 60.7 Å². The van der Waals surface area contributed by atoms with E-state index in [2.05, 4.69) is 4.99 Å². The highest BCUT2D eigenvalue weighted by molar-refractivity contribution is 6.07. The maximum absolute atomic E-state index is 11.7. The Kier molecular flexibility index (Phi) is 5.02. The van der Waals surface area contributed by atoms with Gasteiger partial charge in [0.25, 0.3) is 5.91 Å². The molecule has 0 spiro atoms. The van der Waals surface area contributed by atoms with Crippen LogP contribution in [0.3, 0.4) is 0 Å². The second-order valence-corrected chi connectivity index (χ2v) is 5.56. The number of primary amides is 1. The number of hydrogen-bond acceptors (Lipinski definition) is 3. The molecule has 0 aliphatic heterocycles. The lowest BCUT2D eigenvalue weighted by molar-refractivity contribution is 0.100. The molecule has 0 radical (unpaired) electrons. The van der Waals surface area contributed by atoms with Crippen molar-refractivity contribution in [2.75, 3.05) is 0 Å². The van der Waals surface area contributed by atoms with Crippen molar-refractivity contribution in [3.05, 3.63) is 102 Å². The number of aliphatic imine (C=N–C) groups is 1. The largest absolute Gasteiger partial charge is 0.382 e. The Morgan fingerprint density at radius 1 is 0.840 bits per heavy atom. The molecule has 1 amide bonds. The van der Waals surface area contributed by atoms with Crippen molar-refractivity contribution in [2.45, 2.75) is 6.10 Å². The second kappa shape index (κ2) is 7.55. The van der Waals surface area contributed by atoms with Crippen molar-refractivity contribution in [1.29, 1.82) is 0 Å². The predicted octanol–water partition coefficient (Wildman–Crippen LogP) is 3.64. The number of amides is 1. The number of nitrogens with zero attached hydrogens (tertiary/aromatic N) is 1. The monoisotopic (exact) mass is 330 g/mol. The van der Waals surface area contributed by atoms with E-state index in [4.69, 9.17) is 5.73 Å². The molecule has 1 unspecified atom stereocenters. The van der Waals surface area contributed by atoms with Gasteiger partial charge in [0.2, 0.25) is 0 Å². The second-order valence-electron chi connectivity index (χ2n) is 5.56. The fraction of sp³-hybridized carbons (Fsp3) is 0.0476. The summed E-state index contributed by atoms with van der Waals surface area (Å²) in [7, 11) is 0. The zero-order chi connectivity index (χ0) is 17.6. The van der Waals surface area contributed by atoms with Crippen molar-refractivity contribution in [1.82, 2.24) is 0 Å². The summed E-state index contributed by atoms with van der Waals surface area (Å²) in [5, 5.41) is 10.9. The average molecular weight is 330 g/mol. The number of carbonyl (C=O) groups excluding carboxylic acids is 1. The smallest absolute Gasteiger partial charge is 0.250 e. The van der Waals surface area contributed by atoms with Crippen LogP contribution in [0, 0.1) is 0 Å². The molecule has 4 nitrogen and oxygen atoms in total. The van der Waals surface area contributed by atoms with Crippen LogP contribution < -0.4 is 5.73 Å². The first-order valence-corrected chi connectivity index (χ1v) is 7.92. The highest BCUT2D eigenvalue weighted by atomic mass is 16.3. The van der Waals surface area contributed by atoms with Gasteiger partial charge in [-0.15, -0.1) is 0 Å². The van der Waals surface area contributed by atoms with E-state index in [1.54, 1.807) is 24.3 Å². The van der Waals surface area contributed by atoms with Crippen molar-refractivity contribution in [2.24, 2.45) is 10.7 Å². The molecule has 1 atom stereocenters. The first kappa shape index (κ1) is 16.6. The number of aliphatic hydroxyl groups excluding tert-OH is 1. The molecule has 0 aromatic heterocycles. The van der Waals surface area contributed by atoms with Crippen LogP contribution in [-0.2, 0) is 0 Å². The number of nitrogens with two attached hydrogens (primary N) is 1. The molecular weight excluding hydrogens is 312 g/mol. The van der Waals surface area contributed by atoms with Crippen LogP contribution in [0.25, 0.3) is 0 Å². The molecule has 3 rings (SSSR count). The molecule has 3 aromatic rings. The summed E-state index contributed by atoms with van der Waals surface area (Å²) >= 11 is 0. The lowest BCUT2D eigenvalue weighted by Gasteiger charge is -2.15. The van der Waals surface area contributed by atoms with Gasteiger partial charge in [-0.3, -0.25) is 4.79 Å². The van der Waals surface area contributed by atoms with E-state index in [-0.39, 0.29) is 0 Å². The first-order valence-electron chi connectivity index (χ1n) is 7.92. The van der Waals surface area contributed by atoms with E-state index < -0.39 is 12.0 Å². The number of aliphatic hydroxyl groups is 1. The lowest BCUT2D eigenvalue weighted by Crippen LogP contribution is -2.15. The number of para-hydroxylation sites is 1. The number of benzene rings is 3. The van der Waals surface area contributed by atoms with E-state index in [1.165, 1.54) is 0 Å². The molecule has 0 bridgehead atoms. The average Bonchev–Trinajstić information content (AvgIpc) is 2.67. The van der Waals surface area contributed by atoms with Gasteiger partial charge in [-0.25, -0.2) is 4.99 Å². The summed E-state index contributed by atoms with van der Waals surface area (Å²) in [5.41, 5.74) is 8.15. The molecule has 3 N–H and O–H groups in total. The van der Waals surface area contributed by atoms with Crippen LogP contribution in [0.5, 0.6) is 0 Å². The van der Waals surface area contributed by atoms with Gasteiger partial charge in [-0.05, 0) is 23.3 Å². The topological polar surface area (TPSA) is 75.7 Å². The Balaban J connectivity index is 2.14. The molecule has 0 aliphatic carbocycles. The van der Waals surface area contributed by atoms with Crippen LogP contribution in [-0.4, -0.2) is 16.7 Å². The summed E-state index contributed by atoms with van der Waals surface area (Å²) in [6.45, 7) is 0. The molecule has 0 heterocycles. The summed E-state index contributed by atoms with van der Waals surface area (Å²) in [6, 6.07) is 25.5. The van der Waals surface area contributed by atoms with Crippen molar-refractivity contribution < 1.29 is 9.90 Å². The van der Waals surface area contributed by atoms with Crippen LogP contribution in [0.4, 0.5) is 5.69 Å². The van der Waals surface area contributed by atoms with Gasteiger partial charge < -0.3 is 10.8 Å². The third-order valence-corrected chi connectivity index (χ3v) is 3.85. The van der Waals surface area contributed by atoms with Crippen molar-refractivity contribution in [3.63, 3.8) is 0 Å². The zero-order valence-electron chi connectivity index (χ0n) is 13.5. The molecule has 0 aliphatic rings. The minimum Gasteiger partial charge on any atom is -0.382 e. The van der Waals surface area contributed by atoms with Gasteiger partial charge in [0, 0.05) is 0 Å². The van der Waals surface area contributed by atoms with Crippen LogP contribution in [0.2, 0.25) is 0 Å². The molecule has 3 aromatic carbocycles. The fourth-order valence-electron chi connectivity index (χ4n) is 2.59. The number of rotatable bonds is 5. The van der Waals surface area contributed by atoms with Gasteiger partial charge in [-0.1, -0.05) is 72.8 Å². The normalized spacial score (nSPS) is 12.6. The fourth-order valence-corrected chi connectivity index (χ4v) is 2.59. The highest BCUT2D eigenvalue weighted by Crippen LogP contribution is 2.25. The van der Waals surface area contributed by atoms with E-state index in [0.29, 0.717) is 17.0 Å². The summed E-state index contributed by atoms with van der Waals surface area (Å²) < 4.78 is 0. The summed E-state index contributed by atoms with van der Waals surface area (Å²) in [6.07, 6.45) is -0.926. The van der Waals surface area contributed by atoms with Gasteiger partial charge in [0.05, 0.1) is 17.0 Å². The van der Waals surface area contributed by atoms with Crippen LogP contribution in [0.15, 0.2) is 89.9 Å². The third-order valence-electron chi connectivity index (χ3n) is 3.85. The summed E-state index contributed by atoms with van der Waals surface area (Å²) in [4.78, 5) is 16.3. The maximum atomic E-state index is 11.7. The Morgan fingerprint density at radius 2 is 1.40 bits per heavy atom. The zero-order valence-corrected chi connectivity index (χ0v) is 13.5. The van der Waals surface area contributed by atoms with Crippen LogP contribution >= 0.6 is 0 Å². The lowest BCUT2D eigenvalue weighted by atomic mass is 9.98. The van der Waals surface area contributed by atoms with E-state index >= 15 is 0 Å². The summed E-state index contributed by atoms with van der Waals surface area (Å²) in [5.74, 6) is -0.555. The van der Waals surface area contributed by atoms with Crippen LogP contribution in [0.1, 0.15) is 27.6 Å². The molecule has 0 fully saturated rings. The minimum atomic E-state index is -0.926. The van der Waals surface area contributed by atoms with Gasteiger partial charge in [0.15, 0.2) is 0 Å². The van der Waals surface area contributed by atoms with Gasteiger partial charge >= 0.3 is 0 Å². The number of hydrogen-bond donors (Lipinski definition) is 2. The van der Waals surface area contributed by atoms with E-state index in [0.717, 1.165) is 11.1 Å². The maximum Gasteiger partial charge on any atom is 0.250 e. The minimum absolute atomic E-state index is 0.316. The number of carbonyl (C=O) groups is 1. The third kappa shape index (κ3) is 3.82.